The fraction of sp³-hybridized carbons (Fsp3) is 0.400. The Bertz CT molecular complexity index is 750. The fourth-order valence-corrected chi connectivity index (χ4v) is 2.55. The van der Waals surface area contributed by atoms with Crippen LogP contribution in [-0.4, -0.2) is 18.8 Å². The Labute approximate surface area is 153 Å². The van der Waals surface area contributed by atoms with Crippen LogP contribution in [0.4, 0.5) is 0 Å². The molecule has 2 aromatic rings. The van der Waals surface area contributed by atoms with Crippen molar-refractivity contribution in [2.75, 3.05) is 13.8 Å². The van der Waals surface area contributed by atoms with Crippen molar-refractivity contribution in [3.63, 3.8) is 0 Å². The lowest BCUT2D eigenvalue weighted by atomic mass is 9.87. The minimum Gasteiger partial charge on any atom is -0.496 e. The van der Waals surface area contributed by atoms with Crippen LogP contribution in [0.3, 0.4) is 0 Å². The first-order valence-electron chi connectivity index (χ1n) is 8.40. The number of hydrogen-bond acceptors (Lipinski definition) is 5. The minimum absolute atomic E-state index is 0.0902. The second-order valence-corrected chi connectivity index (χ2v) is 7.04. The van der Waals surface area contributed by atoms with E-state index >= 15 is 0 Å². The van der Waals surface area contributed by atoms with Crippen molar-refractivity contribution in [2.24, 2.45) is 0 Å². The molecule has 0 aromatic heterocycles. The zero-order valence-electron chi connectivity index (χ0n) is 15.8. The first-order chi connectivity index (χ1) is 12.2. The van der Waals surface area contributed by atoms with Crippen molar-refractivity contribution in [2.45, 2.75) is 39.2 Å². The van der Waals surface area contributed by atoms with Gasteiger partial charge in [-0.25, -0.2) is 0 Å². The maximum Gasteiger partial charge on any atom is 0.344 e. The lowest BCUT2D eigenvalue weighted by Crippen LogP contribution is -2.11. The highest BCUT2D eigenvalue weighted by atomic mass is 16.7. The molecule has 1 unspecified atom stereocenters. The van der Waals surface area contributed by atoms with Gasteiger partial charge in [0.25, 0.3) is 0 Å². The van der Waals surface area contributed by atoms with Crippen LogP contribution in [-0.2, 0) is 5.41 Å². The van der Waals surface area contributed by atoms with Crippen LogP contribution in [0, 0.1) is 10.1 Å². The van der Waals surface area contributed by atoms with Crippen LogP contribution in [0.5, 0.6) is 17.2 Å². The summed E-state index contributed by atoms with van der Waals surface area (Å²) in [5, 5.41) is 10.4. The zero-order valence-corrected chi connectivity index (χ0v) is 15.8. The Morgan fingerprint density at radius 1 is 1.08 bits per heavy atom. The van der Waals surface area contributed by atoms with E-state index in [1.807, 2.05) is 19.1 Å². The largest absolute Gasteiger partial charge is 0.496 e. The number of nitrogens with zero attached hydrogens (tertiary/aromatic N) is 1. The molecule has 0 aliphatic carbocycles. The molecule has 0 saturated carbocycles. The molecule has 0 N–H and O–H groups in total. The smallest absolute Gasteiger partial charge is 0.344 e. The van der Waals surface area contributed by atoms with Gasteiger partial charge in [0.1, 0.15) is 23.4 Å². The average molecular weight is 359 g/mol. The topological polar surface area (TPSA) is 70.8 Å². The van der Waals surface area contributed by atoms with E-state index in [0.717, 1.165) is 11.3 Å². The summed E-state index contributed by atoms with van der Waals surface area (Å²) < 4.78 is 16.5. The summed E-state index contributed by atoms with van der Waals surface area (Å²) in [6.45, 7) is 7.83. The quantitative estimate of drug-likeness (QED) is 0.405. The third-order valence-corrected chi connectivity index (χ3v) is 4.01. The van der Waals surface area contributed by atoms with E-state index < -0.39 is 11.7 Å². The molecule has 0 saturated heterocycles. The average Bonchev–Trinajstić information content (AvgIpc) is 2.59. The number of hydrogen-bond donors (Lipinski definition) is 0. The predicted octanol–water partition coefficient (Wildman–Crippen LogP) is 4.75. The van der Waals surface area contributed by atoms with Crippen molar-refractivity contribution in [1.29, 1.82) is 0 Å². The third-order valence-electron chi connectivity index (χ3n) is 4.01. The maximum atomic E-state index is 10.4. The molecule has 140 valence electrons. The van der Waals surface area contributed by atoms with E-state index in [1.54, 1.807) is 25.3 Å². The van der Waals surface area contributed by atoms with E-state index in [9.17, 15) is 10.1 Å². The van der Waals surface area contributed by atoms with Gasteiger partial charge in [-0.3, -0.25) is 10.1 Å². The van der Waals surface area contributed by atoms with E-state index in [4.69, 9.17) is 14.2 Å². The minimum atomic E-state index is -0.589. The fourth-order valence-electron chi connectivity index (χ4n) is 2.55. The highest BCUT2D eigenvalue weighted by Gasteiger charge is 2.16. The van der Waals surface area contributed by atoms with Crippen LogP contribution in [0.15, 0.2) is 42.5 Å². The molecule has 6 heteroatoms. The molecule has 0 fully saturated rings. The van der Waals surface area contributed by atoms with E-state index in [-0.39, 0.29) is 11.5 Å². The molecular weight excluding hydrogens is 334 g/mol. The van der Waals surface area contributed by atoms with Crippen LogP contribution in [0.2, 0.25) is 0 Å². The molecule has 0 spiro atoms. The number of benzene rings is 2. The molecule has 0 aliphatic heterocycles. The van der Waals surface area contributed by atoms with Crippen molar-refractivity contribution in [3.8, 4) is 17.2 Å². The first-order valence-corrected chi connectivity index (χ1v) is 8.40. The van der Waals surface area contributed by atoms with E-state index in [1.165, 1.54) is 5.56 Å². The highest BCUT2D eigenvalue weighted by Crippen LogP contribution is 2.33. The summed E-state index contributed by atoms with van der Waals surface area (Å²) in [5.74, 6) is 1.70. The van der Waals surface area contributed by atoms with Gasteiger partial charge in [0, 0.05) is 11.6 Å². The third kappa shape index (κ3) is 5.12. The molecule has 6 nitrogen and oxygen atoms in total. The number of methoxy groups -OCH3 is 1. The van der Waals surface area contributed by atoms with Crippen LogP contribution in [0.25, 0.3) is 0 Å². The van der Waals surface area contributed by atoms with Gasteiger partial charge in [-0.2, -0.15) is 0 Å². The standard InChI is InChI=1S/C20H25NO5/c1-14(26-16-8-6-15(7-9-16)20(2,3)4)18-11-10-17(12-19(18)24-5)25-13-21(22)23/h6-12,14H,13H2,1-5H3. The normalized spacial score (nSPS) is 12.3. The van der Waals surface area contributed by atoms with Crippen molar-refractivity contribution in [1.82, 2.24) is 0 Å². The van der Waals surface area contributed by atoms with Gasteiger partial charge in [-0.1, -0.05) is 32.9 Å². The summed E-state index contributed by atoms with van der Waals surface area (Å²) in [6, 6.07) is 13.1. The van der Waals surface area contributed by atoms with Crippen molar-refractivity contribution in [3.05, 3.63) is 63.7 Å². The molecule has 0 aliphatic rings. The summed E-state index contributed by atoms with van der Waals surface area (Å²) in [6.07, 6.45) is -0.255. The van der Waals surface area contributed by atoms with Gasteiger partial charge >= 0.3 is 6.73 Å². The van der Waals surface area contributed by atoms with Crippen molar-refractivity contribution >= 4 is 0 Å². The Balaban J connectivity index is 2.13. The van der Waals surface area contributed by atoms with Gasteiger partial charge in [-0.15, -0.1) is 0 Å². The molecule has 0 radical (unpaired) electrons. The number of nitro groups is 1. The van der Waals surface area contributed by atoms with Crippen LogP contribution < -0.4 is 14.2 Å². The van der Waals surface area contributed by atoms with Crippen LogP contribution in [0.1, 0.15) is 44.9 Å². The van der Waals surface area contributed by atoms with Gasteiger partial charge in [0.2, 0.25) is 0 Å². The van der Waals surface area contributed by atoms with Gasteiger partial charge in [0.05, 0.1) is 12.0 Å². The molecule has 0 heterocycles. The van der Waals surface area contributed by atoms with E-state index in [0.29, 0.717) is 11.5 Å². The molecule has 0 amide bonds. The molecule has 2 rings (SSSR count). The van der Waals surface area contributed by atoms with E-state index in [2.05, 4.69) is 32.9 Å². The summed E-state index contributed by atoms with van der Waals surface area (Å²) in [4.78, 5) is 9.89. The number of rotatable bonds is 7. The number of ether oxygens (including phenoxy) is 3. The molecule has 2 aromatic carbocycles. The molecule has 26 heavy (non-hydrogen) atoms. The zero-order chi connectivity index (χ0) is 19.3. The second-order valence-electron chi connectivity index (χ2n) is 7.04. The van der Waals surface area contributed by atoms with Crippen LogP contribution >= 0.6 is 0 Å². The lowest BCUT2D eigenvalue weighted by Gasteiger charge is -2.21. The maximum absolute atomic E-state index is 10.4. The van der Waals surface area contributed by atoms with Gasteiger partial charge in [-0.05, 0) is 42.2 Å². The van der Waals surface area contributed by atoms with Crippen molar-refractivity contribution < 1.29 is 19.1 Å². The Morgan fingerprint density at radius 2 is 1.69 bits per heavy atom. The van der Waals surface area contributed by atoms with Gasteiger partial charge < -0.3 is 14.2 Å². The first kappa shape index (κ1) is 19.6. The summed E-state index contributed by atoms with van der Waals surface area (Å²) >= 11 is 0. The summed E-state index contributed by atoms with van der Waals surface area (Å²) in [7, 11) is 1.54. The lowest BCUT2D eigenvalue weighted by molar-refractivity contribution is -0.514. The molecule has 0 bridgehead atoms. The predicted molar refractivity (Wildman–Crippen MR) is 99.7 cm³/mol. The Kier molecular flexibility index (Phi) is 6.08. The SMILES string of the molecule is COc1cc(OC[N+](=O)[O-])ccc1C(C)Oc1ccc(C(C)(C)C)cc1. The van der Waals surface area contributed by atoms with Gasteiger partial charge in [0.15, 0.2) is 0 Å². The Hall–Kier alpha value is -2.76. The monoisotopic (exact) mass is 359 g/mol. The Morgan fingerprint density at radius 3 is 2.23 bits per heavy atom. The summed E-state index contributed by atoms with van der Waals surface area (Å²) in [5.41, 5.74) is 2.16. The second kappa shape index (κ2) is 8.08. The molecular formula is C20H25NO5. The molecule has 1 atom stereocenters. The highest BCUT2D eigenvalue weighted by molar-refractivity contribution is 5.42.